The van der Waals surface area contributed by atoms with E-state index in [1.165, 1.54) is 0 Å². The van der Waals surface area contributed by atoms with Crippen LogP contribution in [0.25, 0.3) is 0 Å². The second-order valence-corrected chi connectivity index (χ2v) is 11.0. The largest absolute Gasteiger partial charge is 0.166 e. The molecule has 0 radical (unpaired) electrons. The minimum Gasteiger partial charge on any atom is -0.109 e. The lowest BCUT2D eigenvalue weighted by molar-refractivity contribution is 0.228. The Morgan fingerprint density at radius 3 is 2.00 bits per heavy atom. The van der Waals surface area contributed by atoms with Gasteiger partial charge in [-0.1, -0.05) is 69.0 Å². The van der Waals surface area contributed by atoms with Crippen molar-refractivity contribution < 1.29 is 0 Å². The summed E-state index contributed by atoms with van der Waals surface area (Å²) in [7, 11) is 0. The van der Waals surface area contributed by atoms with Crippen molar-refractivity contribution in [1.82, 2.24) is 0 Å². The Kier molecular flexibility index (Phi) is 3.11. The van der Waals surface area contributed by atoms with Gasteiger partial charge in [0.2, 0.25) is 0 Å². The summed E-state index contributed by atoms with van der Waals surface area (Å²) in [6.07, 6.45) is 2.27. The lowest BCUT2D eigenvalue weighted by atomic mass is 9.72. The summed E-state index contributed by atoms with van der Waals surface area (Å²) < 4.78 is -0.754. The highest BCUT2D eigenvalue weighted by atomic mass is 127. The van der Waals surface area contributed by atoms with Crippen LogP contribution in [0.1, 0.15) is 12.8 Å². The molecule has 106 valence electrons. The summed E-state index contributed by atoms with van der Waals surface area (Å²) in [5.74, 6) is 1.22. The molecular weight excluding hydrogens is 484 g/mol. The van der Waals surface area contributed by atoms with Crippen LogP contribution in [0.2, 0.25) is 0 Å². The van der Waals surface area contributed by atoms with Gasteiger partial charge in [-0.2, -0.15) is 0 Å². The van der Waals surface area contributed by atoms with E-state index in [1.54, 1.807) is 0 Å². The smallest absolute Gasteiger partial charge is 0.109 e. The predicted molar refractivity (Wildman–Crippen MR) is 91.3 cm³/mol. The first kappa shape index (κ1) is 14.8. The fraction of sp³-hybridized carbons (Fsp3) is 0.833. The van der Waals surface area contributed by atoms with Crippen LogP contribution in [0, 0.1) is 23.7 Å². The Labute approximate surface area is 155 Å². The van der Waals surface area contributed by atoms with Gasteiger partial charge in [0, 0.05) is 3.92 Å². The Hall–Kier alpha value is 2.21. The van der Waals surface area contributed by atoms with Gasteiger partial charge in [-0.15, -0.1) is 23.2 Å². The third-order valence-corrected chi connectivity index (χ3v) is 11.3. The van der Waals surface area contributed by atoms with Gasteiger partial charge >= 0.3 is 0 Å². The molecule has 0 nitrogen and oxygen atoms in total. The fourth-order valence-corrected chi connectivity index (χ4v) is 9.51. The maximum atomic E-state index is 6.86. The van der Waals surface area contributed by atoms with Crippen molar-refractivity contribution in [3.05, 3.63) is 10.1 Å². The fourth-order valence-electron chi connectivity index (χ4n) is 4.97. The molecular formula is C12H9Cl6I. The number of rotatable bonds is 0. The zero-order chi connectivity index (χ0) is 14.0. The zero-order valence-electron chi connectivity index (χ0n) is 9.45. The number of alkyl halides is 5. The van der Waals surface area contributed by atoms with E-state index in [0.29, 0.717) is 25.8 Å². The maximum absolute atomic E-state index is 6.86. The SMILES string of the molecule is ClC1=C(Cl)C2(Cl)C3C4CC(CC4I)C3C1(Cl)C2(Cl)Cl. The maximum Gasteiger partial charge on any atom is 0.166 e. The lowest BCUT2D eigenvalue weighted by Crippen LogP contribution is -2.46. The van der Waals surface area contributed by atoms with E-state index >= 15 is 0 Å². The third kappa shape index (κ3) is 1.29. The van der Waals surface area contributed by atoms with E-state index in [1.807, 2.05) is 0 Å². The van der Waals surface area contributed by atoms with Crippen LogP contribution in [0.15, 0.2) is 10.1 Å². The second-order valence-electron chi connectivity index (χ2n) is 6.09. The van der Waals surface area contributed by atoms with Crippen LogP contribution < -0.4 is 0 Å². The Balaban J connectivity index is 1.99. The average molecular weight is 493 g/mol. The van der Waals surface area contributed by atoms with Gasteiger partial charge in [-0.3, -0.25) is 0 Å². The van der Waals surface area contributed by atoms with Gasteiger partial charge in [-0.25, -0.2) is 0 Å². The van der Waals surface area contributed by atoms with Crippen molar-refractivity contribution in [2.75, 3.05) is 0 Å². The molecule has 0 heterocycles. The van der Waals surface area contributed by atoms with E-state index in [2.05, 4.69) is 22.6 Å². The Morgan fingerprint density at radius 1 is 0.895 bits per heavy atom. The molecule has 0 aromatic rings. The van der Waals surface area contributed by atoms with E-state index in [4.69, 9.17) is 69.6 Å². The number of hydrogen-bond acceptors (Lipinski definition) is 0. The van der Waals surface area contributed by atoms with Crippen molar-refractivity contribution in [3.63, 3.8) is 0 Å². The molecule has 4 aliphatic rings. The highest BCUT2D eigenvalue weighted by Crippen LogP contribution is 2.82. The zero-order valence-corrected chi connectivity index (χ0v) is 16.1. The normalized spacial score (nSPS) is 61.1. The minimum atomic E-state index is -1.34. The molecule has 0 amide bonds. The molecule has 4 aliphatic carbocycles. The average Bonchev–Trinajstić information content (AvgIpc) is 2.95. The van der Waals surface area contributed by atoms with Crippen LogP contribution >= 0.6 is 92.2 Å². The van der Waals surface area contributed by atoms with Gasteiger partial charge in [0.05, 0.1) is 10.1 Å². The standard InChI is InChI=1S/C12H9Cl6I/c13-8-9(14)11(16)7-4-1-3(2-5(4)19)6(7)10(8,15)12(11,17)18/h3-7H,1-2H2. The van der Waals surface area contributed by atoms with Crippen molar-refractivity contribution in [2.24, 2.45) is 23.7 Å². The van der Waals surface area contributed by atoms with Crippen molar-refractivity contribution >= 4 is 92.2 Å². The topological polar surface area (TPSA) is 0 Å². The molecule has 0 aromatic carbocycles. The number of fused-ring (bicyclic) bond motifs is 9. The van der Waals surface area contributed by atoms with Gasteiger partial charge < -0.3 is 0 Å². The van der Waals surface area contributed by atoms with Crippen molar-refractivity contribution in [3.8, 4) is 0 Å². The monoisotopic (exact) mass is 490 g/mol. The van der Waals surface area contributed by atoms with Crippen LogP contribution in [0.4, 0.5) is 0 Å². The Morgan fingerprint density at radius 2 is 1.42 bits per heavy atom. The molecule has 7 heteroatoms. The molecule has 3 fully saturated rings. The molecule has 0 spiro atoms. The molecule has 0 N–H and O–H groups in total. The lowest BCUT2D eigenvalue weighted by Gasteiger charge is -2.41. The first-order chi connectivity index (χ1) is 8.69. The molecule has 4 bridgehead atoms. The van der Waals surface area contributed by atoms with Crippen LogP contribution in [0.5, 0.6) is 0 Å². The highest BCUT2D eigenvalue weighted by molar-refractivity contribution is 14.1. The van der Waals surface area contributed by atoms with E-state index < -0.39 is 14.1 Å². The third-order valence-electron chi connectivity index (χ3n) is 5.59. The van der Waals surface area contributed by atoms with Crippen LogP contribution in [0.3, 0.4) is 0 Å². The van der Waals surface area contributed by atoms with E-state index in [9.17, 15) is 0 Å². The number of halogens is 7. The predicted octanol–water partition coefficient (Wildman–Crippen LogP) is 5.91. The summed E-state index contributed by atoms with van der Waals surface area (Å²) in [6, 6.07) is 0. The van der Waals surface area contributed by atoms with E-state index in [0.717, 1.165) is 12.8 Å². The van der Waals surface area contributed by atoms with Crippen LogP contribution in [-0.4, -0.2) is 18.0 Å². The summed E-state index contributed by atoms with van der Waals surface area (Å²) >= 11 is 42.2. The highest BCUT2D eigenvalue weighted by Gasteiger charge is 2.86. The Bertz CT molecular complexity index is 518. The first-order valence-electron chi connectivity index (χ1n) is 6.15. The molecule has 4 rings (SSSR count). The van der Waals surface area contributed by atoms with Gasteiger partial charge in [0.15, 0.2) is 4.33 Å². The van der Waals surface area contributed by atoms with Crippen molar-refractivity contribution in [1.29, 1.82) is 0 Å². The minimum absolute atomic E-state index is 0.123. The molecule has 0 saturated heterocycles. The van der Waals surface area contributed by atoms with Gasteiger partial charge in [-0.05, 0) is 36.5 Å². The number of allylic oxidation sites excluding steroid dienone is 2. The molecule has 19 heavy (non-hydrogen) atoms. The van der Waals surface area contributed by atoms with Gasteiger partial charge in [0.1, 0.15) is 9.75 Å². The van der Waals surface area contributed by atoms with Gasteiger partial charge in [0.25, 0.3) is 0 Å². The molecule has 3 saturated carbocycles. The molecule has 7 atom stereocenters. The molecule has 0 aliphatic heterocycles. The molecule has 7 unspecified atom stereocenters. The second kappa shape index (κ2) is 3.99. The molecule has 0 aromatic heterocycles. The van der Waals surface area contributed by atoms with Crippen molar-refractivity contribution in [2.45, 2.75) is 30.8 Å². The summed E-state index contributed by atoms with van der Waals surface area (Å²) in [5, 5.41) is 0.711. The number of hydrogen-bond donors (Lipinski definition) is 0. The summed E-state index contributed by atoms with van der Waals surface area (Å²) in [4.78, 5) is -2.07. The summed E-state index contributed by atoms with van der Waals surface area (Å²) in [5.41, 5.74) is 0. The van der Waals surface area contributed by atoms with Crippen LogP contribution in [-0.2, 0) is 0 Å². The van der Waals surface area contributed by atoms with E-state index in [-0.39, 0.29) is 11.8 Å². The summed E-state index contributed by atoms with van der Waals surface area (Å²) in [6.45, 7) is 0. The first-order valence-corrected chi connectivity index (χ1v) is 9.66. The quantitative estimate of drug-likeness (QED) is 0.224.